The predicted octanol–water partition coefficient (Wildman–Crippen LogP) is 3.22. The lowest BCUT2D eigenvalue weighted by atomic mass is 9.77. The van der Waals surface area contributed by atoms with E-state index in [1.807, 2.05) is 44.8 Å². The van der Waals surface area contributed by atoms with E-state index in [1.54, 1.807) is 41.8 Å². The molecular formula is C26H30N4O3S. The van der Waals surface area contributed by atoms with Gasteiger partial charge in [0.15, 0.2) is 0 Å². The lowest BCUT2D eigenvalue weighted by molar-refractivity contribution is -0.136. The Kier molecular flexibility index (Phi) is 6.25. The molecule has 2 aromatic heterocycles. The van der Waals surface area contributed by atoms with Crippen molar-refractivity contribution < 1.29 is 14.4 Å². The molecule has 8 heteroatoms. The molecule has 2 aromatic rings. The molecule has 178 valence electrons. The molecule has 0 saturated carbocycles. The Bertz CT molecular complexity index is 1080. The highest BCUT2D eigenvalue weighted by Crippen LogP contribution is 2.43. The molecule has 0 aliphatic carbocycles. The largest absolute Gasteiger partial charge is 0.342 e. The maximum Gasteiger partial charge on any atom is 0.246 e. The number of rotatable bonds is 4. The first kappa shape index (κ1) is 22.8. The molecule has 2 atom stereocenters. The van der Waals surface area contributed by atoms with Crippen molar-refractivity contribution in [2.45, 2.75) is 31.7 Å². The van der Waals surface area contributed by atoms with Crippen molar-refractivity contribution in [3.05, 3.63) is 58.6 Å². The number of amides is 3. The van der Waals surface area contributed by atoms with Crippen LogP contribution in [0.15, 0.2) is 47.4 Å². The summed E-state index contributed by atoms with van der Waals surface area (Å²) >= 11 is 1.62. The van der Waals surface area contributed by atoms with Crippen molar-refractivity contribution in [1.29, 1.82) is 0 Å². The molecule has 5 rings (SSSR count). The van der Waals surface area contributed by atoms with Crippen molar-refractivity contribution in [1.82, 2.24) is 19.7 Å². The molecule has 0 radical (unpaired) electrons. The van der Waals surface area contributed by atoms with E-state index in [0.717, 1.165) is 50.0 Å². The summed E-state index contributed by atoms with van der Waals surface area (Å²) in [6, 6.07) is 5.53. The second-order valence-corrected chi connectivity index (χ2v) is 10.6. The third kappa shape index (κ3) is 4.39. The van der Waals surface area contributed by atoms with E-state index in [0.29, 0.717) is 6.54 Å². The molecule has 5 heterocycles. The number of carbonyl (C=O) groups is 3. The van der Waals surface area contributed by atoms with Crippen LogP contribution < -0.4 is 0 Å². The Morgan fingerprint density at radius 1 is 1.15 bits per heavy atom. The van der Waals surface area contributed by atoms with Crippen LogP contribution in [0.5, 0.6) is 0 Å². The summed E-state index contributed by atoms with van der Waals surface area (Å²) in [5.74, 6) is -0.247. The maximum absolute atomic E-state index is 13.6. The normalized spacial score (nSPS) is 24.5. The number of hydrogen-bond donors (Lipinski definition) is 0. The van der Waals surface area contributed by atoms with Gasteiger partial charge in [0.25, 0.3) is 0 Å². The molecule has 3 fully saturated rings. The fourth-order valence-corrected chi connectivity index (χ4v) is 6.34. The molecule has 3 amide bonds. The molecule has 0 bridgehead atoms. The quantitative estimate of drug-likeness (QED) is 0.633. The smallest absolute Gasteiger partial charge is 0.246 e. The highest BCUT2D eigenvalue weighted by Gasteiger charge is 2.48. The highest BCUT2D eigenvalue weighted by atomic mass is 32.1. The van der Waals surface area contributed by atoms with E-state index in [2.05, 4.69) is 4.98 Å². The van der Waals surface area contributed by atoms with Crippen LogP contribution in [-0.4, -0.2) is 70.6 Å². The number of aromatic nitrogens is 1. The number of piperidine rings is 1. The predicted molar refractivity (Wildman–Crippen MR) is 131 cm³/mol. The van der Waals surface area contributed by atoms with Crippen LogP contribution in [0.1, 0.15) is 42.9 Å². The maximum atomic E-state index is 13.6. The van der Waals surface area contributed by atoms with Gasteiger partial charge >= 0.3 is 0 Å². The van der Waals surface area contributed by atoms with Crippen LogP contribution in [0.3, 0.4) is 0 Å². The van der Waals surface area contributed by atoms with Gasteiger partial charge in [-0.2, -0.15) is 11.3 Å². The van der Waals surface area contributed by atoms with Gasteiger partial charge in [0, 0.05) is 58.1 Å². The van der Waals surface area contributed by atoms with Gasteiger partial charge in [-0.3, -0.25) is 19.4 Å². The van der Waals surface area contributed by atoms with Gasteiger partial charge in [-0.25, -0.2) is 0 Å². The van der Waals surface area contributed by atoms with Crippen molar-refractivity contribution in [2.24, 2.45) is 11.3 Å². The summed E-state index contributed by atoms with van der Waals surface area (Å²) in [4.78, 5) is 48.5. The first-order valence-electron chi connectivity index (χ1n) is 11.9. The Balaban J connectivity index is 1.21. The molecule has 3 aliphatic heterocycles. The van der Waals surface area contributed by atoms with Crippen LogP contribution >= 0.6 is 11.3 Å². The fraction of sp³-hybridized carbons (Fsp3) is 0.462. The molecular weight excluding hydrogens is 448 g/mol. The lowest BCUT2D eigenvalue weighted by Gasteiger charge is -2.39. The summed E-state index contributed by atoms with van der Waals surface area (Å²) in [5, 5.41) is 4.02. The van der Waals surface area contributed by atoms with Gasteiger partial charge in [0.1, 0.15) is 0 Å². The summed E-state index contributed by atoms with van der Waals surface area (Å²) in [5.41, 5.74) is 2.03. The molecule has 7 nitrogen and oxygen atoms in total. The van der Waals surface area contributed by atoms with Crippen LogP contribution in [0.4, 0.5) is 0 Å². The number of nitrogens with zero attached hydrogens (tertiary/aromatic N) is 4. The average molecular weight is 479 g/mol. The minimum absolute atomic E-state index is 0.00319. The first-order valence-corrected chi connectivity index (χ1v) is 12.8. The number of carbonyl (C=O) groups excluding carboxylic acids is 3. The molecule has 0 N–H and O–H groups in total. The topological polar surface area (TPSA) is 73.8 Å². The van der Waals surface area contributed by atoms with Crippen molar-refractivity contribution in [3.8, 4) is 0 Å². The zero-order chi connectivity index (χ0) is 23.7. The van der Waals surface area contributed by atoms with E-state index in [9.17, 15) is 14.4 Å². The fourth-order valence-electron chi connectivity index (χ4n) is 5.71. The summed E-state index contributed by atoms with van der Waals surface area (Å²) in [7, 11) is 1.78. The zero-order valence-corrected chi connectivity index (χ0v) is 20.2. The third-order valence-electron chi connectivity index (χ3n) is 7.78. The lowest BCUT2D eigenvalue weighted by Crippen LogP contribution is -2.45. The molecule has 0 unspecified atom stereocenters. The number of likely N-dealkylation sites (tertiary alicyclic amines) is 3. The van der Waals surface area contributed by atoms with Crippen LogP contribution in [0.25, 0.3) is 6.08 Å². The molecule has 3 aliphatic rings. The molecule has 0 aromatic carbocycles. The second kappa shape index (κ2) is 9.33. The van der Waals surface area contributed by atoms with E-state index in [-0.39, 0.29) is 41.5 Å². The number of pyridine rings is 1. The van der Waals surface area contributed by atoms with E-state index in [1.165, 1.54) is 0 Å². The molecule has 3 saturated heterocycles. The van der Waals surface area contributed by atoms with E-state index >= 15 is 0 Å². The van der Waals surface area contributed by atoms with Gasteiger partial charge in [0.2, 0.25) is 17.7 Å². The monoisotopic (exact) mass is 478 g/mol. The van der Waals surface area contributed by atoms with E-state index < -0.39 is 0 Å². The summed E-state index contributed by atoms with van der Waals surface area (Å²) in [6.45, 7) is 2.88. The third-order valence-corrected chi connectivity index (χ3v) is 8.48. The number of thiophene rings is 1. The van der Waals surface area contributed by atoms with Gasteiger partial charge < -0.3 is 14.7 Å². The first-order chi connectivity index (χ1) is 16.5. The Hall–Kier alpha value is -3.00. The van der Waals surface area contributed by atoms with Gasteiger partial charge in [-0.05, 0) is 64.8 Å². The van der Waals surface area contributed by atoms with Crippen molar-refractivity contribution in [2.75, 3.05) is 33.2 Å². The van der Waals surface area contributed by atoms with Gasteiger partial charge in [-0.1, -0.05) is 6.07 Å². The SMILES string of the molecule is CN1C(=O)C[C@@H](C(=O)N2CCC3(CCN(C(=O)/C=C/c4ccsc4)CC3)C2)[C@@H]1c1cccnc1. The minimum atomic E-state index is -0.374. The number of hydrogen-bond acceptors (Lipinski definition) is 5. The zero-order valence-electron chi connectivity index (χ0n) is 19.4. The average Bonchev–Trinajstić information content (AvgIpc) is 3.59. The Labute approximate surface area is 204 Å². The highest BCUT2D eigenvalue weighted by molar-refractivity contribution is 7.08. The van der Waals surface area contributed by atoms with Crippen LogP contribution in [-0.2, 0) is 14.4 Å². The Morgan fingerprint density at radius 2 is 1.91 bits per heavy atom. The van der Waals surface area contributed by atoms with Gasteiger partial charge in [0.05, 0.1) is 12.0 Å². The van der Waals surface area contributed by atoms with Crippen LogP contribution in [0.2, 0.25) is 0 Å². The minimum Gasteiger partial charge on any atom is -0.342 e. The summed E-state index contributed by atoms with van der Waals surface area (Å²) < 4.78 is 0. The standard InChI is InChI=1S/C26H30N4O3S/c1-28-23(32)15-21(24(28)20-3-2-10-27-16-20)25(33)30-13-9-26(18-30)7-11-29(12-8-26)22(31)5-4-19-6-14-34-17-19/h2-6,10,14,16-17,21,24H,7-9,11-13,15,18H2,1H3/b5-4+/t21-,24+/m1/s1. The Morgan fingerprint density at radius 3 is 2.59 bits per heavy atom. The van der Waals surface area contributed by atoms with Crippen molar-refractivity contribution >= 4 is 35.1 Å². The van der Waals surface area contributed by atoms with Crippen molar-refractivity contribution in [3.63, 3.8) is 0 Å². The summed E-state index contributed by atoms with van der Waals surface area (Å²) in [6.07, 6.45) is 10.0. The molecule has 1 spiro atoms. The van der Waals surface area contributed by atoms with Gasteiger partial charge in [-0.15, -0.1) is 0 Å². The second-order valence-electron chi connectivity index (χ2n) is 9.77. The van der Waals surface area contributed by atoms with Crippen LogP contribution in [0, 0.1) is 11.3 Å². The molecule has 34 heavy (non-hydrogen) atoms. The van der Waals surface area contributed by atoms with E-state index in [4.69, 9.17) is 0 Å².